The molecule has 0 aliphatic carbocycles. The van der Waals surface area contributed by atoms with Crippen LogP contribution < -0.4 is 5.48 Å². The fourth-order valence-electron chi connectivity index (χ4n) is 2.71. The molecule has 0 radical (unpaired) electrons. The minimum atomic E-state index is -2.47. The molecule has 2 atom stereocenters. The second-order valence-electron chi connectivity index (χ2n) is 5.87. The first-order valence-electron chi connectivity index (χ1n) is 8.22. The average molecular weight is 428 g/mol. The molecule has 0 spiro atoms. The number of methoxy groups -OCH3 is 1. The number of aryl methyl sites for hydroxylation is 1. The summed E-state index contributed by atoms with van der Waals surface area (Å²) in [4.78, 5) is 30.4. The van der Waals surface area contributed by atoms with Crippen LogP contribution in [0.25, 0.3) is 0 Å². The molecule has 1 aromatic carbocycles. The number of carbonyl (C=O) groups is 2. The first-order valence-corrected chi connectivity index (χ1v) is 10.1. The number of carbonyl (C=O) groups excluding carboxylic acids is 2. The molecule has 2 rings (SSSR count). The second-order valence-corrected chi connectivity index (χ2v) is 7.33. The van der Waals surface area contributed by atoms with Crippen LogP contribution in [0.5, 0.6) is 0 Å². The van der Waals surface area contributed by atoms with E-state index in [0.29, 0.717) is 22.7 Å². The third-order valence-electron chi connectivity index (χ3n) is 4.13. The Morgan fingerprint density at radius 3 is 2.46 bits per heavy atom. The first-order chi connectivity index (χ1) is 13.2. The zero-order valence-corrected chi connectivity index (χ0v) is 17.4. The highest BCUT2D eigenvalue weighted by Gasteiger charge is 2.44. The van der Waals surface area contributed by atoms with Crippen LogP contribution in [0.1, 0.15) is 37.0 Å². The highest BCUT2D eigenvalue weighted by molar-refractivity contribution is 7.74. The Bertz CT molecular complexity index is 870. The number of hydrogen-bond donors (Lipinski definition) is 2. The van der Waals surface area contributed by atoms with Gasteiger partial charge in [0.1, 0.15) is 10.5 Å². The standard InChI is InChI=1S/C17H21N3O6S2/c1-5-13-10-27-15(18-13)17(3,20(11(2)21)16(22)25-4)12-6-8-14(9-7-12)19-26-28(23)24/h6-10,19H,5H2,1-4H3,(H,23,24)/t17-/m0/s1. The molecule has 0 saturated heterocycles. The lowest BCUT2D eigenvalue weighted by atomic mass is 9.90. The van der Waals surface area contributed by atoms with Crippen LogP contribution in [0.4, 0.5) is 10.5 Å². The van der Waals surface area contributed by atoms with Gasteiger partial charge in [0, 0.05) is 12.3 Å². The van der Waals surface area contributed by atoms with Crippen molar-refractivity contribution in [2.45, 2.75) is 32.7 Å². The van der Waals surface area contributed by atoms with E-state index in [1.165, 1.54) is 25.4 Å². The number of benzene rings is 1. The number of anilines is 1. The van der Waals surface area contributed by atoms with Gasteiger partial charge < -0.3 is 4.74 Å². The van der Waals surface area contributed by atoms with Crippen molar-refractivity contribution in [2.24, 2.45) is 0 Å². The lowest BCUT2D eigenvalue weighted by Crippen LogP contribution is -2.50. The summed E-state index contributed by atoms with van der Waals surface area (Å²) in [7, 11) is 1.21. The van der Waals surface area contributed by atoms with Gasteiger partial charge in [0.2, 0.25) is 5.91 Å². The van der Waals surface area contributed by atoms with Crippen molar-refractivity contribution in [3.63, 3.8) is 0 Å². The van der Waals surface area contributed by atoms with Gasteiger partial charge >= 0.3 is 17.5 Å². The molecular weight excluding hydrogens is 406 g/mol. The van der Waals surface area contributed by atoms with E-state index in [1.807, 2.05) is 12.3 Å². The Balaban J connectivity index is 2.56. The number of aromatic nitrogens is 1. The summed E-state index contributed by atoms with van der Waals surface area (Å²) >= 11 is -1.13. The van der Waals surface area contributed by atoms with Gasteiger partial charge in [-0.25, -0.2) is 20.2 Å². The normalized spacial score (nSPS) is 14.0. The van der Waals surface area contributed by atoms with E-state index in [0.717, 1.165) is 10.6 Å². The Morgan fingerprint density at radius 1 is 1.36 bits per heavy atom. The van der Waals surface area contributed by atoms with Crippen LogP contribution in [0.3, 0.4) is 0 Å². The topological polar surface area (TPSA) is 118 Å². The van der Waals surface area contributed by atoms with Gasteiger partial charge in [0.05, 0.1) is 18.5 Å². The highest BCUT2D eigenvalue weighted by Crippen LogP contribution is 2.38. The summed E-state index contributed by atoms with van der Waals surface area (Å²) in [5.41, 5.74) is 2.97. The van der Waals surface area contributed by atoms with E-state index in [-0.39, 0.29) is 0 Å². The summed E-state index contributed by atoms with van der Waals surface area (Å²) < 4.78 is 28.5. The molecule has 28 heavy (non-hydrogen) atoms. The van der Waals surface area contributed by atoms with E-state index < -0.39 is 28.9 Å². The summed E-state index contributed by atoms with van der Waals surface area (Å²) in [5, 5.41) is 2.43. The van der Waals surface area contributed by atoms with Gasteiger partial charge in [-0.1, -0.05) is 19.1 Å². The minimum Gasteiger partial charge on any atom is -0.452 e. The molecule has 0 saturated carbocycles. The molecule has 9 nitrogen and oxygen atoms in total. The molecule has 0 aliphatic rings. The Kier molecular flexibility index (Phi) is 7.24. The van der Waals surface area contributed by atoms with Crippen molar-refractivity contribution in [1.29, 1.82) is 0 Å². The number of amides is 2. The van der Waals surface area contributed by atoms with Crippen molar-refractivity contribution in [2.75, 3.05) is 12.6 Å². The van der Waals surface area contributed by atoms with Gasteiger partial charge in [-0.2, -0.15) is 4.21 Å². The zero-order valence-electron chi connectivity index (χ0n) is 15.8. The molecule has 152 valence electrons. The van der Waals surface area contributed by atoms with Crippen molar-refractivity contribution in [1.82, 2.24) is 9.88 Å². The van der Waals surface area contributed by atoms with Gasteiger partial charge in [-0.3, -0.25) is 9.35 Å². The number of rotatable bonds is 7. The molecule has 2 N–H and O–H groups in total. The number of hydrogen-bond acceptors (Lipinski definition) is 8. The Morgan fingerprint density at radius 2 is 2.00 bits per heavy atom. The maximum Gasteiger partial charge on any atom is 0.417 e. The zero-order chi connectivity index (χ0) is 20.9. The molecule has 11 heteroatoms. The van der Waals surface area contributed by atoms with Crippen molar-refractivity contribution < 1.29 is 27.4 Å². The lowest BCUT2D eigenvalue weighted by molar-refractivity contribution is -0.131. The van der Waals surface area contributed by atoms with E-state index in [2.05, 4.69) is 14.7 Å². The van der Waals surface area contributed by atoms with Crippen LogP contribution in [0, 0.1) is 0 Å². The second kappa shape index (κ2) is 9.24. The first kappa shape index (κ1) is 22.0. The van der Waals surface area contributed by atoms with Gasteiger partial charge in [0.15, 0.2) is 0 Å². The molecule has 1 aromatic heterocycles. The van der Waals surface area contributed by atoms with Crippen LogP contribution in [-0.2, 0) is 37.1 Å². The maximum atomic E-state index is 12.4. The minimum absolute atomic E-state index is 0.411. The smallest absolute Gasteiger partial charge is 0.417 e. The quantitative estimate of drug-likeness (QED) is 0.511. The van der Waals surface area contributed by atoms with Gasteiger partial charge in [-0.05, 0) is 31.0 Å². The van der Waals surface area contributed by atoms with E-state index >= 15 is 0 Å². The Hall–Kier alpha value is -2.34. The predicted molar refractivity (Wildman–Crippen MR) is 105 cm³/mol. The van der Waals surface area contributed by atoms with Crippen LogP contribution in [-0.4, -0.2) is 37.8 Å². The van der Waals surface area contributed by atoms with Crippen molar-refractivity contribution in [3.8, 4) is 0 Å². The molecule has 2 amide bonds. The largest absolute Gasteiger partial charge is 0.452 e. The lowest BCUT2D eigenvalue weighted by Gasteiger charge is -2.37. The maximum absolute atomic E-state index is 12.4. The number of thiazole rings is 1. The van der Waals surface area contributed by atoms with E-state index in [4.69, 9.17) is 9.29 Å². The summed E-state index contributed by atoms with van der Waals surface area (Å²) in [5.74, 6) is -0.496. The number of nitrogens with zero attached hydrogens (tertiary/aromatic N) is 2. The third-order valence-corrected chi connectivity index (χ3v) is 5.46. The fourth-order valence-corrected chi connectivity index (χ4v) is 3.95. The van der Waals surface area contributed by atoms with Crippen LogP contribution >= 0.6 is 11.3 Å². The number of ether oxygens (including phenoxy) is 1. The number of imide groups is 1. The van der Waals surface area contributed by atoms with Gasteiger partial charge in [-0.15, -0.1) is 15.6 Å². The molecular formula is C17H21N3O6S2. The summed E-state index contributed by atoms with van der Waals surface area (Å²) in [6.07, 6.45) is -0.0897. The molecule has 1 unspecified atom stereocenters. The third kappa shape index (κ3) is 4.55. The van der Waals surface area contributed by atoms with Gasteiger partial charge in [0.25, 0.3) is 0 Å². The molecule has 0 bridgehead atoms. The van der Waals surface area contributed by atoms with Crippen LogP contribution in [0.2, 0.25) is 0 Å². The van der Waals surface area contributed by atoms with Crippen molar-refractivity contribution >= 4 is 40.4 Å². The number of nitrogens with one attached hydrogen (secondary N) is 1. The average Bonchev–Trinajstić information content (AvgIpc) is 3.16. The van der Waals surface area contributed by atoms with E-state index in [9.17, 15) is 13.8 Å². The molecule has 1 heterocycles. The van der Waals surface area contributed by atoms with Crippen molar-refractivity contribution in [3.05, 3.63) is 45.9 Å². The molecule has 0 fully saturated rings. The fraction of sp³-hybridized carbons (Fsp3) is 0.353. The predicted octanol–water partition coefficient (Wildman–Crippen LogP) is 3.06. The summed E-state index contributed by atoms with van der Waals surface area (Å²) in [6.45, 7) is 4.96. The molecule has 2 aromatic rings. The SMILES string of the molecule is CCc1csc([C@](C)(c2ccc(NOS(=O)O)cc2)N(C(C)=O)C(=O)OC)n1. The monoisotopic (exact) mass is 427 g/mol. The van der Waals surface area contributed by atoms with E-state index in [1.54, 1.807) is 31.2 Å². The molecule has 0 aliphatic heterocycles. The highest BCUT2D eigenvalue weighted by atomic mass is 32.2. The Labute approximate surface area is 169 Å². The summed E-state index contributed by atoms with van der Waals surface area (Å²) in [6, 6.07) is 6.50. The van der Waals surface area contributed by atoms with Crippen LogP contribution in [0.15, 0.2) is 29.6 Å².